The fourth-order valence-electron chi connectivity index (χ4n) is 2.03. The van der Waals surface area contributed by atoms with Gasteiger partial charge in [-0.1, -0.05) is 0 Å². The third-order valence-electron chi connectivity index (χ3n) is 2.93. The highest BCUT2D eigenvalue weighted by atomic mass is 16.5. The van der Waals surface area contributed by atoms with Crippen LogP contribution in [0.4, 0.5) is 5.69 Å². The molecule has 1 unspecified atom stereocenters. The summed E-state index contributed by atoms with van der Waals surface area (Å²) in [7, 11) is 1.42. The Kier molecular flexibility index (Phi) is 3.60. The summed E-state index contributed by atoms with van der Waals surface area (Å²) < 4.78 is 10.6. The lowest BCUT2D eigenvalue weighted by molar-refractivity contribution is -0.127. The Labute approximate surface area is 115 Å². The standard InChI is InChI=1S/C13H14N2O5/c1-7-13(18)15(5-11(14)17)9-3-8(6-16)4-10(19-2)12(9)20-7/h3-4,6-7H,5H2,1-2H3,(H2,14,17). The number of carbonyl (C=O) groups is 3. The highest BCUT2D eigenvalue weighted by molar-refractivity contribution is 6.04. The van der Waals surface area contributed by atoms with Gasteiger partial charge in [0, 0.05) is 5.56 Å². The molecule has 0 fully saturated rings. The molecule has 0 bridgehead atoms. The van der Waals surface area contributed by atoms with E-state index in [9.17, 15) is 14.4 Å². The summed E-state index contributed by atoms with van der Waals surface area (Å²) >= 11 is 0. The van der Waals surface area contributed by atoms with Gasteiger partial charge in [0.2, 0.25) is 5.91 Å². The van der Waals surface area contributed by atoms with Crippen LogP contribution < -0.4 is 20.1 Å². The number of benzene rings is 1. The number of rotatable bonds is 4. The van der Waals surface area contributed by atoms with E-state index in [2.05, 4.69) is 0 Å². The Balaban J connectivity index is 2.60. The number of hydrogen-bond donors (Lipinski definition) is 1. The van der Waals surface area contributed by atoms with Gasteiger partial charge >= 0.3 is 0 Å². The van der Waals surface area contributed by atoms with Crippen molar-refractivity contribution in [2.75, 3.05) is 18.6 Å². The fourth-order valence-corrected chi connectivity index (χ4v) is 2.03. The van der Waals surface area contributed by atoms with Crippen molar-refractivity contribution in [2.45, 2.75) is 13.0 Å². The van der Waals surface area contributed by atoms with Gasteiger partial charge in [0.25, 0.3) is 5.91 Å². The van der Waals surface area contributed by atoms with E-state index >= 15 is 0 Å². The second-order valence-corrected chi connectivity index (χ2v) is 4.34. The van der Waals surface area contributed by atoms with Gasteiger partial charge < -0.3 is 15.2 Å². The molecule has 2 N–H and O–H groups in total. The van der Waals surface area contributed by atoms with E-state index in [-0.39, 0.29) is 6.54 Å². The van der Waals surface area contributed by atoms with Gasteiger partial charge in [-0.05, 0) is 19.1 Å². The molecule has 2 rings (SSSR count). The zero-order valence-corrected chi connectivity index (χ0v) is 11.1. The van der Waals surface area contributed by atoms with Crippen LogP contribution in [-0.4, -0.2) is 37.9 Å². The first-order valence-corrected chi connectivity index (χ1v) is 5.91. The second kappa shape index (κ2) is 5.20. The molecule has 0 spiro atoms. The normalized spacial score (nSPS) is 17.2. The van der Waals surface area contributed by atoms with Crippen molar-refractivity contribution < 1.29 is 23.9 Å². The predicted octanol–water partition coefficient (Wildman–Crippen LogP) is 0.107. The number of nitrogens with two attached hydrogens (primary N) is 1. The molecule has 1 atom stereocenters. The fraction of sp³-hybridized carbons (Fsp3) is 0.308. The largest absolute Gasteiger partial charge is 0.493 e. The zero-order chi connectivity index (χ0) is 14.9. The van der Waals surface area contributed by atoms with Crippen molar-refractivity contribution in [3.63, 3.8) is 0 Å². The molecule has 0 saturated carbocycles. The molecule has 1 aromatic carbocycles. The van der Waals surface area contributed by atoms with E-state index in [1.807, 2.05) is 0 Å². The van der Waals surface area contributed by atoms with Crippen LogP contribution in [0.3, 0.4) is 0 Å². The molecule has 1 heterocycles. The first-order chi connectivity index (χ1) is 9.47. The van der Waals surface area contributed by atoms with Crippen molar-refractivity contribution in [3.8, 4) is 11.5 Å². The first-order valence-electron chi connectivity index (χ1n) is 5.91. The van der Waals surface area contributed by atoms with Crippen molar-refractivity contribution in [2.24, 2.45) is 5.73 Å². The quantitative estimate of drug-likeness (QED) is 0.788. The number of aldehydes is 1. The Morgan fingerprint density at radius 2 is 2.25 bits per heavy atom. The van der Waals surface area contributed by atoms with Gasteiger partial charge in [0.15, 0.2) is 17.6 Å². The van der Waals surface area contributed by atoms with E-state index in [0.717, 1.165) is 0 Å². The third-order valence-corrected chi connectivity index (χ3v) is 2.93. The lowest BCUT2D eigenvalue weighted by Crippen LogP contribution is -2.48. The van der Waals surface area contributed by atoms with Crippen LogP contribution in [0.15, 0.2) is 12.1 Å². The second-order valence-electron chi connectivity index (χ2n) is 4.34. The molecule has 1 aliphatic rings. The van der Waals surface area contributed by atoms with E-state index in [1.54, 1.807) is 6.92 Å². The summed E-state index contributed by atoms with van der Waals surface area (Å²) in [5.41, 5.74) is 5.76. The number of ether oxygens (including phenoxy) is 2. The van der Waals surface area contributed by atoms with Crippen molar-refractivity contribution in [1.82, 2.24) is 0 Å². The molecule has 0 radical (unpaired) electrons. The summed E-state index contributed by atoms with van der Waals surface area (Å²) in [5.74, 6) is -0.430. The highest BCUT2D eigenvalue weighted by Crippen LogP contribution is 2.42. The Bertz CT molecular complexity index is 584. The minimum atomic E-state index is -0.766. The molecule has 0 saturated heterocycles. The molecule has 7 nitrogen and oxygen atoms in total. The van der Waals surface area contributed by atoms with Crippen LogP contribution in [0.5, 0.6) is 11.5 Å². The summed E-state index contributed by atoms with van der Waals surface area (Å²) in [4.78, 5) is 35.4. The van der Waals surface area contributed by atoms with E-state index in [1.165, 1.54) is 24.1 Å². The number of hydrogen-bond acceptors (Lipinski definition) is 5. The van der Waals surface area contributed by atoms with Crippen LogP contribution in [-0.2, 0) is 9.59 Å². The SMILES string of the molecule is COc1cc(C=O)cc2c1OC(C)C(=O)N2CC(N)=O. The number of anilines is 1. The maximum absolute atomic E-state index is 12.1. The van der Waals surface area contributed by atoms with E-state index in [0.29, 0.717) is 29.0 Å². The van der Waals surface area contributed by atoms with Crippen molar-refractivity contribution >= 4 is 23.8 Å². The smallest absolute Gasteiger partial charge is 0.268 e. The lowest BCUT2D eigenvalue weighted by atomic mass is 10.1. The molecule has 106 valence electrons. The van der Waals surface area contributed by atoms with Crippen LogP contribution >= 0.6 is 0 Å². The molecule has 0 aromatic heterocycles. The highest BCUT2D eigenvalue weighted by Gasteiger charge is 2.34. The topological polar surface area (TPSA) is 98.9 Å². The predicted molar refractivity (Wildman–Crippen MR) is 70.0 cm³/mol. The molecule has 1 aromatic rings. The minimum absolute atomic E-state index is 0.287. The summed E-state index contributed by atoms with van der Waals surface area (Å²) in [6.07, 6.45) is -0.147. The van der Waals surface area contributed by atoms with Crippen LogP contribution in [0.25, 0.3) is 0 Å². The molecule has 20 heavy (non-hydrogen) atoms. The minimum Gasteiger partial charge on any atom is -0.493 e. The molecular weight excluding hydrogens is 264 g/mol. The number of methoxy groups -OCH3 is 1. The number of carbonyl (C=O) groups excluding carboxylic acids is 3. The lowest BCUT2D eigenvalue weighted by Gasteiger charge is -2.33. The number of nitrogens with zero attached hydrogens (tertiary/aromatic N) is 1. The van der Waals surface area contributed by atoms with Crippen molar-refractivity contribution in [1.29, 1.82) is 0 Å². The molecule has 7 heteroatoms. The Morgan fingerprint density at radius 1 is 1.55 bits per heavy atom. The van der Waals surface area contributed by atoms with E-state index < -0.39 is 17.9 Å². The molecule has 1 aliphatic heterocycles. The number of primary amides is 1. The average molecular weight is 278 g/mol. The van der Waals surface area contributed by atoms with Crippen LogP contribution in [0.2, 0.25) is 0 Å². The molecular formula is C13H14N2O5. The summed E-state index contributed by atoms with van der Waals surface area (Å²) in [6.45, 7) is 1.28. The average Bonchev–Trinajstić information content (AvgIpc) is 2.42. The van der Waals surface area contributed by atoms with Crippen molar-refractivity contribution in [3.05, 3.63) is 17.7 Å². The van der Waals surface area contributed by atoms with Gasteiger partial charge in [-0.2, -0.15) is 0 Å². The Hall–Kier alpha value is -2.57. The third kappa shape index (κ3) is 2.29. The summed E-state index contributed by atoms with van der Waals surface area (Å²) in [5, 5.41) is 0. The van der Waals surface area contributed by atoms with Gasteiger partial charge in [-0.25, -0.2) is 0 Å². The monoisotopic (exact) mass is 278 g/mol. The van der Waals surface area contributed by atoms with Crippen LogP contribution in [0.1, 0.15) is 17.3 Å². The number of amides is 2. The molecule has 0 aliphatic carbocycles. The van der Waals surface area contributed by atoms with Gasteiger partial charge in [0.05, 0.1) is 12.8 Å². The van der Waals surface area contributed by atoms with Gasteiger partial charge in [-0.3, -0.25) is 19.3 Å². The zero-order valence-electron chi connectivity index (χ0n) is 11.1. The maximum atomic E-state index is 12.1. The Morgan fingerprint density at radius 3 is 2.80 bits per heavy atom. The van der Waals surface area contributed by atoms with Crippen LogP contribution in [0, 0.1) is 0 Å². The summed E-state index contributed by atoms with van der Waals surface area (Å²) in [6, 6.07) is 2.95. The number of fused-ring (bicyclic) bond motifs is 1. The van der Waals surface area contributed by atoms with Gasteiger partial charge in [0.1, 0.15) is 12.8 Å². The van der Waals surface area contributed by atoms with Gasteiger partial charge in [-0.15, -0.1) is 0 Å². The van der Waals surface area contributed by atoms with E-state index in [4.69, 9.17) is 15.2 Å². The maximum Gasteiger partial charge on any atom is 0.268 e. The molecule has 2 amide bonds. The first kappa shape index (κ1) is 13.9.